The van der Waals surface area contributed by atoms with Crippen molar-refractivity contribution in [2.24, 2.45) is 5.41 Å². The van der Waals surface area contributed by atoms with Crippen molar-refractivity contribution in [3.05, 3.63) is 36.4 Å². The summed E-state index contributed by atoms with van der Waals surface area (Å²) >= 11 is 0. The van der Waals surface area contributed by atoms with Gasteiger partial charge in [-0.2, -0.15) is 0 Å². The van der Waals surface area contributed by atoms with Crippen LogP contribution in [0.3, 0.4) is 0 Å². The average Bonchev–Trinajstić information content (AvgIpc) is 3.53. The van der Waals surface area contributed by atoms with Gasteiger partial charge in [0, 0.05) is 44.0 Å². The van der Waals surface area contributed by atoms with E-state index in [2.05, 4.69) is 32.8 Å². The summed E-state index contributed by atoms with van der Waals surface area (Å²) in [6.07, 6.45) is 9.92. The summed E-state index contributed by atoms with van der Waals surface area (Å²) in [6, 6.07) is 6.50. The molecular formula is C24H34FN5O. The van der Waals surface area contributed by atoms with E-state index < -0.39 is 0 Å². The van der Waals surface area contributed by atoms with Crippen molar-refractivity contribution in [2.45, 2.75) is 57.5 Å². The van der Waals surface area contributed by atoms with Crippen LogP contribution in [0.4, 0.5) is 16.0 Å². The quantitative estimate of drug-likeness (QED) is 0.487. The first-order valence-corrected chi connectivity index (χ1v) is 11.4. The van der Waals surface area contributed by atoms with Gasteiger partial charge in [0.2, 0.25) is 0 Å². The minimum atomic E-state index is -0.317. The van der Waals surface area contributed by atoms with E-state index >= 15 is 0 Å². The Balaban J connectivity index is 1.36. The molecule has 3 N–H and O–H groups in total. The molecule has 0 aromatic carbocycles. The van der Waals surface area contributed by atoms with Crippen LogP contribution >= 0.6 is 0 Å². The van der Waals surface area contributed by atoms with Crippen LogP contribution in [0.15, 0.2) is 30.6 Å². The highest BCUT2D eigenvalue weighted by Gasteiger charge is 2.36. The Morgan fingerprint density at radius 1 is 1.10 bits per heavy atom. The van der Waals surface area contributed by atoms with E-state index in [1.807, 2.05) is 18.2 Å². The summed E-state index contributed by atoms with van der Waals surface area (Å²) in [4.78, 5) is 8.68. The van der Waals surface area contributed by atoms with Crippen molar-refractivity contribution >= 4 is 11.6 Å². The molecule has 0 spiro atoms. The lowest BCUT2D eigenvalue weighted by molar-refractivity contribution is 0.191. The van der Waals surface area contributed by atoms with Crippen LogP contribution in [0.5, 0.6) is 0 Å². The van der Waals surface area contributed by atoms with E-state index in [9.17, 15) is 4.39 Å². The van der Waals surface area contributed by atoms with Gasteiger partial charge in [-0.1, -0.05) is 6.92 Å². The maximum Gasteiger partial charge on any atom is 0.149 e. The fourth-order valence-corrected chi connectivity index (χ4v) is 4.14. The predicted octanol–water partition coefficient (Wildman–Crippen LogP) is 4.45. The second kappa shape index (κ2) is 9.92. The third-order valence-corrected chi connectivity index (χ3v) is 6.54. The Morgan fingerprint density at radius 2 is 1.87 bits per heavy atom. The minimum absolute atomic E-state index is 0.317. The first kappa shape index (κ1) is 22.0. The molecule has 2 aromatic rings. The van der Waals surface area contributed by atoms with Crippen LogP contribution in [-0.2, 0) is 4.74 Å². The molecule has 0 bridgehead atoms. The largest absolute Gasteiger partial charge is 0.383 e. The molecule has 2 aliphatic rings. The lowest BCUT2D eigenvalue weighted by atomic mass is 9.91. The van der Waals surface area contributed by atoms with Gasteiger partial charge in [0.25, 0.3) is 0 Å². The number of nitrogens with zero attached hydrogens (tertiary/aromatic N) is 2. The zero-order chi connectivity index (χ0) is 21.7. The van der Waals surface area contributed by atoms with Crippen LogP contribution in [0.1, 0.15) is 45.4 Å². The fourth-order valence-electron chi connectivity index (χ4n) is 4.14. The Hall–Kier alpha value is -2.25. The average molecular weight is 428 g/mol. The molecule has 168 valence electrons. The van der Waals surface area contributed by atoms with Crippen molar-refractivity contribution in [2.75, 3.05) is 37.4 Å². The van der Waals surface area contributed by atoms with E-state index in [-0.39, 0.29) is 5.82 Å². The summed E-state index contributed by atoms with van der Waals surface area (Å²) in [5, 5.41) is 10.5. The van der Waals surface area contributed by atoms with Gasteiger partial charge in [-0.05, 0) is 67.7 Å². The summed E-state index contributed by atoms with van der Waals surface area (Å²) in [7, 11) is 1.73. The van der Waals surface area contributed by atoms with E-state index in [4.69, 9.17) is 4.74 Å². The van der Waals surface area contributed by atoms with Crippen LogP contribution < -0.4 is 16.0 Å². The van der Waals surface area contributed by atoms with Crippen LogP contribution in [0, 0.1) is 11.2 Å². The van der Waals surface area contributed by atoms with Gasteiger partial charge in [0.1, 0.15) is 17.5 Å². The number of ether oxygens (including phenoxy) is 1. The second-order valence-corrected chi connectivity index (χ2v) is 9.28. The molecule has 2 aliphatic carbocycles. The monoisotopic (exact) mass is 427 g/mol. The van der Waals surface area contributed by atoms with Gasteiger partial charge in [-0.3, -0.25) is 0 Å². The molecule has 2 aromatic heterocycles. The van der Waals surface area contributed by atoms with Gasteiger partial charge >= 0.3 is 0 Å². The molecular weight excluding hydrogens is 393 g/mol. The molecule has 0 unspecified atom stereocenters. The third kappa shape index (κ3) is 6.14. The van der Waals surface area contributed by atoms with Gasteiger partial charge in [-0.25, -0.2) is 14.4 Å². The lowest BCUT2D eigenvalue weighted by Gasteiger charge is -2.30. The van der Waals surface area contributed by atoms with Crippen molar-refractivity contribution in [3.63, 3.8) is 0 Å². The molecule has 2 saturated carbocycles. The topological polar surface area (TPSA) is 71.1 Å². The van der Waals surface area contributed by atoms with Gasteiger partial charge in [0.05, 0.1) is 12.8 Å². The highest BCUT2D eigenvalue weighted by Crippen LogP contribution is 2.44. The minimum Gasteiger partial charge on any atom is -0.383 e. The number of rotatable bonds is 10. The van der Waals surface area contributed by atoms with Gasteiger partial charge in [0.15, 0.2) is 0 Å². The standard InChI is InChI=1S/C24H34FN5O/c1-24(8-9-24)16-29-22-13-17(7-10-27-22)20-14-23(28-15-21(20)25)30-19-5-3-18(4-6-19)26-11-12-31-2/h7,10,13-15,18-19,26H,3-6,8-9,11-12,16H2,1-2H3,(H,27,29)(H,28,30). The van der Waals surface area contributed by atoms with Gasteiger partial charge < -0.3 is 20.7 Å². The molecule has 2 heterocycles. The lowest BCUT2D eigenvalue weighted by Crippen LogP contribution is -2.38. The highest BCUT2D eigenvalue weighted by molar-refractivity contribution is 5.69. The number of halogens is 1. The second-order valence-electron chi connectivity index (χ2n) is 9.28. The molecule has 7 heteroatoms. The van der Waals surface area contributed by atoms with Crippen LogP contribution in [0.2, 0.25) is 0 Å². The van der Waals surface area contributed by atoms with Crippen molar-refractivity contribution < 1.29 is 9.13 Å². The molecule has 0 atom stereocenters. The van der Waals surface area contributed by atoms with Crippen molar-refractivity contribution in [3.8, 4) is 11.1 Å². The van der Waals surface area contributed by atoms with E-state index in [0.29, 0.717) is 23.1 Å². The maximum atomic E-state index is 14.6. The zero-order valence-electron chi connectivity index (χ0n) is 18.6. The van der Waals surface area contributed by atoms with Crippen LogP contribution in [0.25, 0.3) is 11.1 Å². The molecule has 0 amide bonds. The molecule has 31 heavy (non-hydrogen) atoms. The number of anilines is 2. The Bertz CT molecular complexity index is 865. The molecule has 6 nitrogen and oxygen atoms in total. The summed E-state index contributed by atoms with van der Waals surface area (Å²) < 4.78 is 19.7. The molecule has 2 fully saturated rings. The highest BCUT2D eigenvalue weighted by atomic mass is 19.1. The molecule has 0 aliphatic heterocycles. The van der Waals surface area contributed by atoms with Crippen molar-refractivity contribution in [1.29, 1.82) is 0 Å². The number of hydrogen-bond donors (Lipinski definition) is 3. The molecule has 0 radical (unpaired) electrons. The summed E-state index contributed by atoms with van der Waals surface area (Å²) in [5.74, 6) is 1.20. The zero-order valence-corrected chi connectivity index (χ0v) is 18.6. The Morgan fingerprint density at radius 3 is 2.61 bits per heavy atom. The maximum absolute atomic E-state index is 14.6. The van der Waals surface area contributed by atoms with E-state index in [0.717, 1.165) is 62.6 Å². The first-order chi connectivity index (χ1) is 15.0. The van der Waals surface area contributed by atoms with Gasteiger partial charge in [-0.15, -0.1) is 0 Å². The number of pyridine rings is 2. The fraction of sp³-hybridized carbons (Fsp3) is 0.583. The number of aromatic nitrogens is 2. The SMILES string of the molecule is COCCNC1CCC(Nc2cc(-c3ccnc(NCC4(C)CC4)c3)c(F)cn2)CC1. The normalized spacial score (nSPS) is 22.2. The Kier molecular flexibility index (Phi) is 7.02. The summed E-state index contributed by atoms with van der Waals surface area (Å²) in [6.45, 7) is 4.81. The predicted molar refractivity (Wildman–Crippen MR) is 123 cm³/mol. The molecule has 0 saturated heterocycles. The van der Waals surface area contributed by atoms with Crippen molar-refractivity contribution in [1.82, 2.24) is 15.3 Å². The summed E-state index contributed by atoms with van der Waals surface area (Å²) in [5.41, 5.74) is 1.75. The van der Waals surface area contributed by atoms with E-state index in [1.165, 1.54) is 19.0 Å². The van der Waals surface area contributed by atoms with E-state index in [1.54, 1.807) is 13.3 Å². The number of nitrogens with one attached hydrogen (secondary N) is 3. The number of methoxy groups -OCH3 is 1. The first-order valence-electron chi connectivity index (χ1n) is 11.4. The number of hydrogen-bond acceptors (Lipinski definition) is 6. The van der Waals surface area contributed by atoms with Crippen LogP contribution in [-0.4, -0.2) is 48.9 Å². The Labute approximate surface area is 184 Å². The third-order valence-electron chi connectivity index (χ3n) is 6.54. The molecule has 4 rings (SSSR count). The smallest absolute Gasteiger partial charge is 0.149 e.